The van der Waals surface area contributed by atoms with Crippen LogP contribution in [0.2, 0.25) is 0 Å². The highest BCUT2D eigenvalue weighted by Crippen LogP contribution is 2.19. The van der Waals surface area contributed by atoms with Crippen molar-refractivity contribution in [1.82, 2.24) is 10.6 Å². The molecule has 1 fully saturated rings. The first-order valence-corrected chi connectivity index (χ1v) is 6.63. The maximum absolute atomic E-state index is 11.7. The minimum atomic E-state index is -0.124. The highest BCUT2D eigenvalue weighted by atomic mass is 16.5. The highest BCUT2D eigenvalue weighted by molar-refractivity contribution is 5.81. The number of ether oxygens (including phenoxy) is 1. The van der Waals surface area contributed by atoms with Gasteiger partial charge in [0, 0.05) is 19.7 Å². The molecule has 4 heteroatoms. The van der Waals surface area contributed by atoms with Crippen LogP contribution in [-0.4, -0.2) is 37.7 Å². The van der Waals surface area contributed by atoms with E-state index < -0.39 is 0 Å². The Hall–Kier alpha value is -0.610. The summed E-state index contributed by atoms with van der Waals surface area (Å²) in [6.07, 6.45) is 1.41. The quantitative estimate of drug-likeness (QED) is 0.735. The van der Waals surface area contributed by atoms with E-state index in [2.05, 4.69) is 31.4 Å². The summed E-state index contributed by atoms with van der Waals surface area (Å²) in [6.45, 7) is 10.7. The zero-order valence-electron chi connectivity index (χ0n) is 11.5. The largest absolute Gasteiger partial charge is 0.378 e. The molecule has 1 amide bonds. The summed E-state index contributed by atoms with van der Waals surface area (Å²) in [4.78, 5) is 11.7. The van der Waals surface area contributed by atoms with Crippen LogP contribution < -0.4 is 10.6 Å². The van der Waals surface area contributed by atoms with E-state index in [1.807, 2.05) is 6.92 Å². The molecule has 0 aliphatic carbocycles. The van der Waals surface area contributed by atoms with Gasteiger partial charge in [-0.15, -0.1) is 0 Å². The van der Waals surface area contributed by atoms with Crippen LogP contribution in [0.15, 0.2) is 0 Å². The third-order valence-corrected chi connectivity index (χ3v) is 3.30. The number of carbonyl (C=O) groups excluding carboxylic acids is 1. The van der Waals surface area contributed by atoms with Crippen LogP contribution >= 0.6 is 0 Å². The molecular formula is C13H26N2O2. The van der Waals surface area contributed by atoms with Gasteiger partial charge < -0.3 is 15.4 Å². The lowest BCUT2D eigenvalue weighted by molar-refractivity contribution is -0.122. The van der Waals surface area contributed by atoms with E-state index in [9.17, 15) is 4.79 Å². The van der Waals surface area contributed by atoms with Crippen LogP contribution in [0, 0.1) is 11.8 Å². The molecular weight excluding hydrogens is 216 g/mol. The normalized spacial score (nSPS) is 26.2. The summed E-state index contributed by atoms with van der Waals surface area (Å²) in [5.74, 6) is 1.12. The van der Waals surface area contributed by atoms with Crippen molar-refractivity contribution >= 4 is 5.91 Å². The Labute approximate surface area is 104 Å². The molecule has 1 saturated heterocycles. The van der Waals surface area contributed by atoms with Crippen LogP contribution in [0.3, 0.4) is 0 Å². The summed E-state index contributed by atoms with van der Waals surface area (Å²) in [5, 5.41) is 6.22. The lowest BCUT2D eigenvalue weighted by Gasteiger charge is -2.19. The molecule has 17 heavy (non-hydrogen) atoms. The van der Waals surface area contributed by atoms with Crippen LogP contribution in [-0.2, 0) is 9.53 Å². The Morgan fingerprint density at radius 3 is 2.65 bits per heavy atom. The highest BCUT2D eigenvalue weighted by Gasteiger charge is 2.25. The number of amides is 1. The van der Waals surface area contributed by atoms with Crippen LogP contribution in [0.5, 0.6) is 0 Å². The predicted molar refractivity (Wildman–Crippen MR) is 68.8 cm³/mol. The van der Waals surface area contributed by atoms with E-state index in [0.29, 0.717) is 17.9 Å². The number of hydrogen-bond acceptors (Lipinski definition) is 3. The Balaban J connectivity index is 2.19. The average molecular weight is 242 g/mol. The number of hydrogen-bond donors (Lipinski definition) is 2. The molecule has 1 rings (SSSR count). The van der Waals surface area contributed by atoms with Crippen molar-refractivity contribution in [3.63, 3.8) is 0 Å². The number of nitrogens with one attached hydrogen (secondary N) is 2. The molecule has 1 aliphatic rings. The molecule has 4 nitrogen and oxygen atoms in total. The monoisotopic (exact) mass is 242 g/mol. The summed E-state index contributed by atoms with van der Waals surface area (Å²) in [7, 11) is 0. The van der Waals surface area contributed by atoms with E-state index in [-0.39, 0.29) is 11.9 Å². The third kappa shape index (κ3) is 5.04. The Kier molecular flexibility index (Phi) is 5.92. The molecule has 1 aliphatic heterocycles. The minimum absolute atomic E-state index is 0.0882. The number of rotatable bonds is 6. The standard InChI is InChI=1S/C13H26N2O2/c1-9(2)7-15-13(16)10(3)14-8-12-5-6-17-11(12)4/h9-12,14H,5-8H2,1-4H3,(H,15,16). The molecule has 3 unspecified atom stereocenters. The van der Waals surface area contributed by atoms with E-state index >= 15 is 0 Å². The Morgan fingerprint density at radius 1 is 1.41 bits per heavy atom. The SMILES string of the molecule is CC(C)CNC(=O)C(C)NCC1CCOC1C. The second-order valence-electron chi connectivity index (χ2n) is 5.39. The average Bonchev–Trinajstić information content (AvgIpc) is 2.68. The second kappa shape index (κ2) is 6.97. The van der Waals surface area contributed by atoms with Gasteiger partial charge in [-0.1, -0.05) is 13.8 Å². The molecule has 100 valence electrons. The second-order valence-corrected chi connectivity index (χ2v) is 5.39. The number of carbonyl (C=O) groups is 1. The van der Waals surface area contributed by atoms with Crippen molar-refractivity contribution in [3.05, 3.63) is 0 Å². The maximum atomic E-state index is 11.7. The molecule has 0 aromatic rings. The zero-order valence-corrected chi connectivity index (χ0v) is 11.5. The topological polar surface area (TPSA) is 50.4 Å². The lowest BCUT2D eigenvalue weighted by Crippen LogP contribution is -2.45. The van der Waals surface area contributed by atoms with Crippen molar-refractivity contribution < 1.29 is 9.53 Å². The first-order valence-electron chi connectivity index (χ1n) is 6.63. The van der Waals surface area contributed by atoms with Crippen molar-refractivity contribution in [2.45, 2.75) is 46.3 Å². The van der Waals surface area contributed by atoms with Gasteiger partial charge in [-0.3, -0.25) is 4.79 Å². The molecule has 0 spiro atoms. The van der Waals surface area contributed by atoms with Crippen LogP contribution in [0.25, 0.3) is 0 Å². The van der Waals surface area contributed by atoms with Gasteiger partial charge in [0.15, 0.2) is 0 Å². The molecule has 0 aromatic heterocycles. The molecule has 3 atom stereocenters. The predicted octanol–water partition coefficient (Wildman–Crippen LogP) is 1.16. The van der Waals surface area contributed by atoms with Gasteiger partial charge in [0.2, 0.25) is 5.91 Å². The van der Waals surface area contributed by atoms with Crippen LogP contribution in [0.4, 0.5) is 0 Å². The Morgan fingerprint density at radius 2 is 2.12 bits per heavy atom. The van der Waals surface area contributed by atoms with Gasteiger partial charge in [-0.05, 0) is 32.1 Å². The van der Waals surface area contributed by atoms with E-state index in [1.54, 1.807) is 0 Å². The maximum Gasteiger partial charge on any atom is 0.236 e. The summed E-state index contributed by atoms with van der Waals surface area (Å²) in [6, 6.07) is -0.124. The first kappa shape index (κ1) is 14.5. The molecule has 0 radical (unpaired) electrons. The minimum Gasteiger partial charge on any atom is -0.378 e. The van der Waals surface area contributed by atoms with Gasteiger partial charge in [0.25, 0.3) is 0 Å². The molecule has 0 aromatic carbocycles. The fourth-order valence-corrected chi connectivity index (χ4v) is 1.92. The lowest BCUT2D eigenvalue weighted by atomic mass is 10.0. The van der Waals surface area contributed by atoms with E-state index in [4.69, 9.17) is 4.74 Å². The summed E-state index contributed by atoms with van der Waals surface area (Å²) >= 11 is 0. The fraction of sp³-hybridized carbons (Fsp3) is 0.923. The summed E-state index contributed by atoms with van der Waals surface area (Å²) in [5.41, 5.74) is 0. The van der Waals surface area contributed by atoms with Crippen molar-refractivity contribution in [1.29, 1.82) is 0 Å². The van der Waals surface area contributed by atoms with Crippen molar-refractivity contribution in [2.75, 3.05) is 19.7 Å². The van der Waals surface area contributed by atoms with Crippen molar-refractivity contribution in [2.24, 2.45) is 11.8 Å². The molecule has 0 saturated carbocycles. The smallest absolute Gasteiger partial charge is 0.236 e. The Bertz CT molecular complexity index is 244. The fourth-order valence-electron chi connectivity index (χ4n) is 1.92. The molecule has 1 heterocycles. The molecule has 0 bridgehead atoms. The molecule has 2 N–H and O–H groups in total. The van der Waals surface area contributed by atoms with Crippen LogP contribution in [0.1, 0.15) is 34.1 Å². The third-order valence-electron chi connectivity index (χ3n) is 3.30. The van der Waals surface area contributed by atoms with E-state index in [0.717, 1.165) is 26.1 Å². The summed E-state index contributed by atoms with van der Waals surface area (Å²) < 4.78 is 5.50. The van der Waals surface area contributed by atoms with Gasteiger partial charge >= 0.3 is 0 Å². The van der Waals surface area contributed by atoms with E-state index in [1.165, 1.54) is 0 Å². The zero-order chi connectivity index (χ0) is 12.8. The van der Waals surface area contributed by atoms with Gasteiger partial charge in [-0.2, -0.15) is 0 Å². The first-order chi connectivity index (χ1) is 8.00. The van der Waals surface area contributed by atoms with Crippen molar-refractivity contribution in [3.8, 4) is 0 Å². The van der Waals surface area contributed by atoms with Gasteiger partial charge in [-0.25, -0.2) is 0 Å². The van der Waals surface area contributed by atoms with Gasteiger partial charge in [0.05, 0.1) is 12.1 Å². The van der Waals surface area contributed by atoms with Gasteiger partial charge in [0.1, 0.15) is 0 Å².